The van der Waals surface area contributed by atoms with Crippen LogP contribution >= 0.6 is 0 Å². The van der Waals surface area contributed by atoms with Crippen LogP contribution in [-0.2, 0) is 4.79 Å². The van der Waals surface area contributed by atoms with E-state index in [2.05, 4.69) is 20.6 Å². The zero-order chi connectivity index (χ0) is 20.0. The van der Waals surface area contributed by atoms with Gasteiger partial charge >= 0.3 is 6.18 Å². The Balaban J connectivity index is 1.72. The summed E-state index contributed by atoms with van der Waals surface area (Å²) < 4.78 is 39.3. The first kappa shape index (κ1) is 19.4. The summed E-state index contributed by atoms with van der Waals surface area (Å²) >= 11 is 0. The summed E-state index contributed by atoms with van der Waals surface area (Å²) in [5.41, 5.74) is -0.766. The lowest BCUT2D eigenvalue weighted by molar-refractivity contribution is -0.192. The molecule has 1 atom stereocenters. The van der Waals surface area contributed by atoms with Crippen molar-refractivity contribution in [3.63, 3.8) is 0 Å². The van der Waals surface area contributed by atoms with Crippen molar-refractivity contribution in [2.45, 2.75) is 45.3 Å². The fourth-order valence-electron chi connectivity index (χ4n) is 3.29. The first-order valence-electron chi connectivity index (χ1n) is 8.79. The number of anilines is 1. The molecule has 1 aliphatic carbocycles. The minimum Gasteiger partial charge on any atom is -0.354 e. The largest absolute Gasteiger partial charge is 0.403 e. The van der Waals surface area contributed by atoms with E-state index in [9.17, 15) is 22.8 Å². The molecule has 0 spiro atoms. The van der Waals surface area contributed by atoms with Gasteiger partial charge in [-0.15, -0.1) is 0 Å². The Bertz CT molecular complexity index is 777. The van der Waals surface area contributed by atoms with E-state index in [0.29, 0.717) is 31.0 Å². The highest BCUT2D eigenvalue weighted by atomic mass is 19.4. The van der Waals surface area contributed by atoms with Gasteiger partial charge in [-0.1, -0.05) is 0 Å². The fourth-order valence-corrected chi connectivity index (χ4v) is 3.29. The number of rotatable bonds is 4. The van der Waals surface area contributed by atoms with Gasteiger partial charge in [-0.25, -0.2) is 9.97 Å². The van der Waals surface area contributed by atoms with Gasteiger partial charge in [0.1, 0.15) is 11.2 Å². The molecule has 2 heterocycles. The molecule has 1 aromatic rings. The van der Waals surface area contributed by atoms with Crippen LogP contribution in [0.15, 0.2) is 0 Å². The van der Waals surface area contributed by atoms with Gasteiger partial charge in [-0.05, 0) is 33.1 Å². The number of carbonyl (C=O) groups is 2. The van der Waals surface area contributed by atoms with Gasteiger partial charge < -0.3 is 15.5 Å². The van der Waals surface area contributed by atoms with E-state index in [4.69, 9.17) is 0 Å². The van der Waals surface area contributed by atoms with Crippen molar-refractivity contribution in [2.24, 2.45) is 5.41 Å². The molecule has 0 radical (unpaired) electrons. The number of amides is 2. The molecule has 2 fully saturated rings. The third-order valence-electron chi connectivity index (χ3n) is 5.34. The van der Waals surface area contributed by atoms with E-state index >= 15 is 0 Å². The van der Waals surface area contributed by atoms with Crippen LogP contribution in [0.4, 0.5) is 19.0 Å². The van der Waals surface area contributed by atoms with Crippen molar-refractivity contribution in [1.29, 1.82) is 0 Å². The molecule has 3 rings (SSSR count). The third-order valence-corrected chi connectivity index (χ3v) is 5.34. The van der Waals surface area contributed by atoms with Gasteiger partial charge in [-0.3, -0.25) is 9.59 Å². The Kier molecular flexibility index (Phi) is 4.77. The normalized spacial score (nSPS) is 21.1. The summed E-state index contributed by atoms with van der Waals surface area (Å²) in [6.07, 6.45) is -4.31. The molecule has 1 saturated carbocycles. The summed E-state index contributed by atoms with van der Waals surface area (Å²) in [6, 6.07) is -0.393. The molecule has 1 aliphatic heterocycles. The Labute approximate surface area is 154 Å². The number of hydrogen-bond acceptors (Lipinski definition) is 5. The number of aromatic nitrogens is 2. The number of nitrogens with zero attached hydrogens (tertiary/aromatic N) is 3. The Hall–Kier alpha value is -2.39. The number of carbonyl (C=O) groups excluding carboxylic acids is 2. The van der Waals surface area contributed by atoms with Gasteiger partial charge in [0, 0.05) is 37.4 Å². The van der Waals surface area contributed by atoms with Gasteiger partial charge in [0.15, 0.2) is 0 Å². The van der Waals surface area contributed by atoms with Crippen LogP contribution in [0.1, 0.15) is 41.1 Å². The van der Waals surface area contributed by atoms with Crippen molar-refractivity contribution in [2.75, 3.05) is 25.0 Å². The molecule has 2 amide bonds. The van der Waals surface area contributed by atoms with Crippen molar-refractivity contribution < 1.29 is 22.8 Å². The second kappa shape index (κ2) is 6.65. The second-order valence-electron chi connectivity index (χ2n) is 7.15. The van der Waals surface area contributed by atoms with Gasteiger partial charge in [0.25, 0.3) is 5.91 Å². The second-order valence-corrected chi connectivity index (χ2v) is 7.15. The highest BCUT2D eigenvalue weighted by molar-refractivity contribution is 5.90. The maximum atomic E-state index is 13.1. The standard InChI is InChI=1S/C17H22F3N5O2/c1-9-10(2)22-12(14(26)21-3)24-13(9)25-7-4-11(8-25)23-15(27)16(5-6-16)17(18,19)20/h11H,4-8H2,1-3H3,(H,21,26)(H,23,27)/t11-/m1/s1. The Morgan fingerprint density at radius 1 is 1.22 bits per heavy atom. The SMILES string of the molecule is CNC(=O)c1nc(C)c(C)c(N2CC[C@@H](NC(=O)C3(C(F)(F)F)CC3)C2)n1. The number of nitrogens with one attached hydrogen (secondary N) is 2. The van der Waals surface area contributed by atoms with E-state index in [0.717, 1.165) is 5.56 Å². The summed E-state index contributed by atoms with van der Waals surface area (Å²) in [5, 5.41) is 5.02. The van der Waals surface area contributed by atoms with Crippen molar-refractivity contribution >= 4 is 17.6 Å². The average Bonchev–Trinajstić information content (AvgIpc) is 3.32. The summed E-state index contributed by atoms with van der Waals surface area (Å²) in [4.78, 5) is 34.3. The third kappa shape index (κ3) is 3.44. The molecule has 27 heavy (non-hydrogen) atoms. The van der Waals surface area contributed by atoms with E-state index in [1.807, 2.05) is 11.8 Å². The van der Waals surface area contributed by atoms with Crippen LogP contribution in [0.5, 0.6) is 0 Å². The lowest BCUT2D eigenvalue weighted by atomic mass is 10.1. The molecule has 7 nitrogen and oxygen atoms in total. The summed E-state index contributed by atoms with van der Waals surface area (Å²) in [6.45, 7) is 4.45. The van der Waals surface area contributed by atoms with Crippen molar-refractivity contribution in [3.8, 4) is 0 Å². The average molecular weight is 385 g/mol. The fraction of sp³-hybridized carbons (Fsp3) is 0.647. The minimum absolute atomic E-state index is 0.0390. The highest BCUT2D eigenvalue weighted by Gasteiger charge is 2.68. The molecular weight excluding hydrogens is 363 g/mol. The predicted molar refractivity (Wildman–Crippen MR) is 91.4 cm³/mol. The van der Waals surface area contributed by atoms with E-state index in [1.165, 1.54) is 7.05 Å². The van der Waals surface area contributed by atoms with E-state index in [1.54, 1.807) is 6.92 Å². The number of aryl methyl sites for hydroxylation is 1. The van der Waals surface area contributed by atoms with Crippen LogP contribution < -0.4 is 15.5 Å². The first-order chi connectivity index (χ1) is 12.6. The molecule has 148 valence electrons. The van der Waals surface area contributed by atoms with Crippen molar-refractivity contribution in [3.05, 3.63) is 17.1 Å². The van der Waals surface area contributed by atoms with Gasteiger partial charge in [0.05, 0.1) is 0 Å². The molecule has 10 heteroatoms. The number of hydrogen-bond donors (Lipinski definition) is 2. The van der Waals surface area contributed by atoms with Gasteiger partial charge in [-0.2, -0.15) is 13.2 Å². The van der Waals surface area contributed by atoms with E-state index < -0.39 is 29.4 Å². The van der Waals surface area contributed by atoms with Crippen LogP contribution in [-0.4, -0.2) is 54.1 Å². The van der Waals surface area contributed by atoms with Crippen molar-refractivity contribution in [1.82, 2.24) is 20.6 Å². The number of halogens is 3. The van der Waals surface area contributed by atoms with Crippen LogP contribution in [0, 0.1) is 19.3 Å². The van der Waals surface area contributed by atoms with E-state index in [-0.39, 0.29) is 18.7 Å². The van der Waals surface area contributed by atoms with Crippen LogP contribution in [0.2, 0.25) is 0 Å². The number of alkyl halides is 3. The molecule has 2 N–H and O–H groups in total. The maximum Gasteiger partial charge on any atom is 0.403 e. The quantitative estimate of drug-likeness (QED) is 0.820. The maximum absolute atomic E-state index is 13.1. The molecule has 0 aromatic carbocycles. The summed E-state index contributed by atoms with van der Waals surface area (Å²) in [5.74, 6) is -0.750. The molecule has 0 unspecified atom stereocenters. The van der Waals surface area contributed by atoms with Crippen LogP contribution in [0.25, 0.3) is 0 Å². The monoisotopic (exact) mass is 385 g/mol. The predicted octanol–water partition coefficient (Wildman–Crippen LogP) is 1.49. The molecular formula is C17H22F3N5O2. The Morgan fingerprint density at radius 2 is 1.89 bits per heavy atom. The minimum atomic E-state index is -4.52. The zero-order valence-corrected chi connectivity index (χ0v) is 15.4. The molecule has 2 aliphatic rings. The molecule has 1 saturated heterocycles. The van der Waals surface area contributed by atoms with Crippen LogP contribution in [0.3, 0.4) is 0 Å². The molecule has 0 bridgehead atoms. The Morgan fingerprint density at radius 3 is 2.44 bits per heavy atom. The van der Waals surface area contributed by atoms with Gasteiger partial charge in [0.2, 0.25) is 11.7 Å². The first-order valence-corrected chi connectivity index (χ1v) is 8.79. The molecule has 1 aromatic heterocycles. The summed E-state index contributed by atoms with van der Waals surface area (Å²) in [7, 11) is 1.48. The lowest BCUT2D eigenvalue weighted by Crippen LogP contribution is -2.46. The highest BCUT2D eigenvalue weighted by Crippen LogP contribution is 2.57. The lowest BCUT2D eigenvalue weighted by Gasteiger charge is -2.23. The smallest absolute Gasteiger partial charge is 0.354 e. The topological polar surface area (TPSA) is 87.2 Å². The zero-order valence-electron chi connectivity index (χ0n) is 15.4.